The van der Waals surface area contributed by atoms with Gasteiger partial charge in [-0.3, -0.25) is 0 Å². The molecule has 0 aliphatic rings. The third-order valence-electron chi connectivity index (χ3n) is 3.62. The summed E-state index contributed by atoms with van der Waals surface area (Å²) < 4.78 is 12.1. The highest BCUT2D eigenvalue weighted by atomic mass is 127. The number of hydrogen-bond donors (Lipinski definition) is 0. The minimum atomic E-state index is -0.337. The van der Waals surface area contributed by atoms with Gasteiger partial charge in [0.2, 0.25) is 0 Å². The van der Waals surface area contributed by atoms with Crippen LogP contribution in [0.15, 0.2) is 78.9 Å². The summed E-state index contributed by atoms with van der Waals surface area (Å²) in [6.07, 6.45) is 0. The largest absolute Gasteiger partial charge is 0.488 e. The van der Waals surface area contributed by atoms with E-state index in [0.717, 1.165) is 20.4 Å². The normalized spacial score (nSPS) is 10.3. The minimum Gasteiger partial charge on any atom is -0.488 e. The molecule has 25 heavy (non-hydrogen) atoms. The molecule has 0 radical (unpaired) electrons. The second-order valence-electron chi connectivity index (χ2n) is 5.48. The molecule has 0 fully saturated rings. The Bertz CT molecular complexity index is 832. The van der Waals surface area contributed by atoms with Crippen LogP contribution in [0, 0.1) is 3.57 Å². The second-order valence-corrected chi connectivity index (χ2v) is 6.64. The Labute approximate surface area is 160 Å². The molecule has 4 heteroatoms. The highest BCUT2D eigenvalue weighted by Gasteiger charge is 2.11. The number of carbonyl (C=O) groups is 1. The number of carbonyl (C=O) groups excluding carboxylic acids is 1. The summed E-state index contributed by atoms with van der Waals surface area (Å²) in [5.74, 6) is 0.417. The van der Waals surface area contributed by atoms with Gasteiger partial charge in [-0.1, -0.05) is 60.7 Å². The molecular formula is C21H17IO3. The number of hydrogen-bond acceptors (Lipinski definition) is 3. The van der Waals surface area contributed by atoms with Gasteiger partial charge in [0, 0.05) is 0 Å². The van der Waals surface area contributed by atoms with Gasteiger partial charge < -0.3 is 9.47 Å². The first-order valence-corrected chi connectivity index (χ1v) is 8.97. The van der Waals surface area contributed by atoms with Gasteiger partial charge in [-0.2, -0.15) is 0 Å². The molecule has 3 rings (SSSR count). The van der Waals surface area contributed by atoms with E-state index in [1.807, 2.05) is 66.7 Å². The van der Waals surface area contributed by atoms with Crippen molar-refractivity contribution in [3.63, 3.8) is 0 Å². The Balaban J connectivity index is 1.60. The standard InChI is InChI=1S/C21H17IO3/c22-19-13-18(21(23)25-15-17-9-5-2-6-10-17)11-12-20(19)24-14-16-7-3-1-4-8-16/h1-13H,14-15H2. The maximum Gasteiger partial charge on any atom is 0.338 e. The van der Waals surface area contributed by atoms with E-state index in [1.54, 1.807) is 12.1 Å². The molecule has 0 unspecified atom stereocenters. The van der Waals surface area contributed by atoms with Crippen LogP contribution in [-0.2, 0) is 18.0 Å². The van der Waals surface area contributed by atoms with Crippen molar-refractivity contribution >= 4 is 28.6 Å². The van der Waals surface area contributed by atoms with Gasteiger partial charge in [-0.15, -0.1) is 0 Å². The average Bonchev–Trinajstić information content (AvgIpc) is 2.66. The lowest BCUT2D eigenvalue weighted by molar-refractivity contribution is 0.0472. The third kappa shape index (κ3) is 5.06. The van der Waals surface area contributed by atoms with Crippen molar-refractivity contribution in [2.75, 3.05) is 0 Å². The number of rotatable bonds is 6. The molecule has 3 aromatic rings. The van der Waals surface area contributed by atoms with Gasteiger partial charge in [0.15, 0.2) is 0 Å². The number of halogens is 1. The van der Waals surface area contributed by atoms with Crippen LogP contribution in [0.5, 0.6) is 5.75 Å². The van der Waals surface area contributed by atoms with Gasteiger partial charge in [0.05, 0.1) is 9.13 Å². The fourth-order valence-electron chi connectivity index (χ4n) is 2.29. The lowest BCUT2D eigenvalue weighted by Gasteiger charge is -2.10. The number of benzene rings is 3. The summed E-state index contributed by atoms with van der Waals surface area (Å²) in [5.41, 5.74) is 2.59. The van der Waals surface area contributed by atoms with Crippen molar-refractivity contribution < 1.29 is 14.3 Å². The van der Waals surface area contributed by atoms with Crippen molar-refractivity contribution in [2.24, 2.45) is 0 Å². The Hall–Kier alpha value is -2.34. The first-order valence-electron chi connectivity index (χ1n) is 7.90. The molecule has 0 N–H and O–H groups in total. The molecule has 0 saturated heterocycles. The van der Waals surface area contributed by atoms with E-state index in [-0.39, 0.29) is 12.6 Å². The predicted octanol–water partition coefficient (Wildman–Crippen LogP) is 5.23. The topological polar surface area (TPSA) is 35.5 Å². The van der Waals surface area contributed by atoms with Crippen LogP contribution in [-0.4, -0.2) is 5.97 Å². The van der Waals surface area contributed by atoms with Gasteiger partial charge >= 0.3 is 5.97 Å². The lowest BCUT2D eigenvalue weighted by Crippen LogP contribution is -2.06. The van der Waals surface area contributed by atoms with Gasteiger partial charge in [0.1, 0.15) is 19.0 Å². The fraction of sp³-hybridized carbons (Fsp3) is 0.0952. The highest BCUT2D eigenvalue weighted by Crippen LogP contribution is 2.23. The SMILES string of the molecule is O=C(OCc1ccccc1)c1ccc(OCc2ccccc2)c(I)c1. The van der Waals surface area contributed by atoms with Crippen LogP contribution in [0.4, 0.5) is 0 Å². The molecule has 0 amide bonds. The summed E-state index contributed by atoms with van der Waals surface area (Å²) in [7, 11) is 0. The molecule has 0 saturated carbocycles. The zero-order valence-electron chi connectivity index (χ0n) is 13.5. The number of ether oxygens (including phenoxy) is 2. The fourth-order valence-corrected chi connectivity index (χ4v) is 2.96. The average molecular weight is 444 g/mol. The van der Waals surface area contributed by atoms with Crippen LogP contribution in [0.2, 0.25) is 0 Å². The van der Waals surface area contributed by atoms with Crippen LogP contribution in [0.3, 0.4) is 0 Å². The van der Waals surface area contributed by atoms with E-state index < -0.39 is 0 Å². The van der Waals surface area contributed by atoms with E-state index in [2.05, 4.69) is 22.6 Å². The van der Waals surface area contributed by atoms with Crippen molar-refractivity contribution in [3.05, 3.63) is 99.1 Å². The van der Waals surface area contributed by atoms with Crippen LogP contribution in [0.1, 0.15) is 21.5 Å². The molecule has 0 spiro atoms. The maximum absolute atomic E-state index is 12.2. The molecular weight excluding hydrogens is 427 g/mol. The molecule has 0 bridgehead atoms. The quantitative estimate of drug-likeness (QED) is 0.386. The monoisotopic (exact) mass is 444 g/mol. The summed E-state index contributed by atoms with van der Waals surface area (Å²) in [6, 6.07) is 24.9. The highest BCUT2D eigenvalue weighted by molar-refractivity contribution is 14.1. The van der Waals surface area contributed by atoms with Gasteiger partial charge in [-0.25, -0.2) is 4.79 Å². The summed E-state index contributed by atoms with van der Waals surface area (Å²) in [4.78, 5) is 12.2. The Morgan fingerprint density at radius 1 is 0.800 bits per heavy atom. The van der Waals surface area contributed by atoms with Gasteiger partial charge in [0.25, 0.3) is 0 Å². The molecule has 126 valence electrons. The summed E-state index contributed by atoms with van der Waals surface area (Å²) >= 11 is 2.17. The van der Waals surface area contributed by atoms with Crippen LogP contribution >= 0.6 is 22.6 Å². The molecule has 0 heterocycles. The zero-order valence-corrected chi connectivity index (χ0v) is 15.7. The first-order chi connectivity index (χ1) is 12.2. The third-order valence-corrected chi connectivity index (χ3v) is 4.46. The molecule has 0 aromatic heterocycles. The Morgan fingerprint density at radius 2 is 1.40 bits per heavy atom. The first kappa shape index (κ1) is 17.5. The summed E-state index contributed by atoms with van der Waals surface area (Å²) in [5, 5.41) is 0. The minimum absolute atomic E-state index is 0.266. The molecule has 0 aliphatic heterocycles. The van der Waals surface area contributed by atoms with Crippen molar-refractivity contribution in [2.45, 2.75) is 13.2 Å². The second kappa shape index (κ2) is 8.67. The van der Waals surface area contributed by atoms with Crippen LogP contribution in [0.25, 0.3) is 0 Å². The lowest BCUT2D eigenvalue weighted by atomic mass is 10.2. The van der Waals surface area contributed by atoms with Gasteiger partial charge in [-0.05, 0) is 51.9 Å². The Morgan fingerprint density at radius 3 is 2.00 bits per heavy atom. The van der Waals surface area contributed by atoms with E-state index >= 15 is 0 Å². The summed E-state index contributed by atoms with van der Waals surface area (Å²) in [6.45, 7) is 0.761. The van der Waals surface area contributed by atoms with E-state index in [0.29, 0.717) is 12.2 Å². The molecule has 3 nitrogen and oxygen atoms in total. The van der Waals surface area contributed by atoms with Crippen molar-refractivity contribution in [1.29, 1.82) is 0 Å². The van der Waals surface area contributed by atoms with Crippen molar-refractivity contribution in [3.8, 4) is 5.75 Å². The molecule has 0 aliphatic carbocycles. The predicted molar refractivity (Wildman–Crippen MR) is 105 cm³/mol. The Kier molecular flexibility index (Phi) is 6.06. The maximum atomic E-state index is 12.2. The van der Waals surface area contributed by atoms with E-state index in [4.69, 9.17) is 9.47 Å². The molecule has 0 atom stereocenters. The van der Waals surface area contributed by atoms with E-state index in [9.17, 15) is 4.79 Å². The van der Waals surface area contributed by atoms with Crippen molar-refractivity contribution in [1.82, 2.24) is 0 Å². The molecule has 3 aromatic carbocycles. The smallest absolute Gasteiger partial charge is 0.338 e. The van der Waals surface area contributed by atoms with Crippen LogP contribution < -0.4 is 4.74 Å². The van der Waals surface area contributed by atoms with E-state index in [1.165, 1.54) is 0 Å². The number of esters is 1. The zero-order chi connectivity index (χ0) is 17.5.